The summed E-state index contributed by atoms with van der Waals surface area (Å²) in [5.41, 5.74) is 1.20. The van der Waals surface area contributed by atoms with Crippen LogP contribution in [0.2, 0.25) is 0 Å². The van der Waals surface area contributed by atoms with Crippen molar-refractivity contribution in [2.45, 2.75) is 26.4 Å². The molecule has 0 aliphatic heterocycles. The van der Waals surface area contributed by atoms with E-state index in [2.05, 4.69) is 12.6 Å². The largest absolute Gasteiger partial charge is 0.491 e. The van der Waals surface area contributed by atoms with Gasteiger partial charge in [0.15, 0.2) is 0 Å². The number of thiol groups is 1. The van der Waals surface area contributed by atoms with Gasteiger partial charge in [-0.1, -0.05) is 12.1 Å². The van der Waals surface area contributed by atoms with Crippen molar-refractivity contribution in [3.63, 3.8) is 0 Å². The van der Waals surface area contributed by atoms with Crippen LogP contribution in [-0.2, 0) is 11.2 Å². The molecule has 0 aromatic heterocycles. The van der Waals surface area contributed by atoms with Crippen molar-refractivity contribution < 1.29 is 9.53 Å². The van der Waals surface area contributed by atoms with E-state index >= 15 is 0 Å². The molecule has 0 spiro atoms. The molecule has 0 unspecified atom stereocenters. The van der Waals surface area contributed by atoms with Gasteiger partial charge in [-0.05, 0) is 38.0 Å². The number of carbonyl (C=O) groups excluding carboxylic acids is 1. The van der Waals surface area contributed by atoms with E-state index in [9.17, 15) is 4.79 Å². The molecule has 100 valence electrons. The molecule has 3 nitrogen and oxygen atoms in total. The zero-order chi connectivity index (χ0) is 13.5. The zero-order valence-corrected chi connectivity index (χ0v) is 12.1. The molecule has 0 aliphatic rings. The van der Waals surface area contributed by atoms with Crippen molar-refractivity contribution in [3.05, 3.63) is 29.8 Å². The SMILES string of the molecule is CC(C)Oc1ccc(CCN(C)C(=O)CS)cc1. The highest BCUT2D eigenvalue weighted by Gasteiger charge is 2.06. The van der Waals surface area contributed by atoms with E-state index in [1.54, 1.807) is 11.9 Å². The molecule has 0 atom stereocenters. The van der Waals surface area contributed by atoms with E-state index in [4.69, 9.17) is 4.74 Å². The van der Waals surface area contributed by atoms with Gasteiger partial charge in [-0.25, -0.2) is 0 Å². The molecule has 0 fully saturated rings. The Balaban J connectivity index is 2.46. The summed E-state index contributed by atoms with van der Waals surface area (Å²) in [6, 6.07) is 8.01. The fourth-order valence-electron chi connectivity index (χ4n) is 1.55. The van der Waals surface area contributed by atoms with Gasteiger partial charge < -0.3 is 9.64 Å². The molecule has 0 N–H and O–H groups in total. The molecule has 0 aliphatic carbocycles. The second-order valence-corrected chi connectivity index (χ2v) is 4.85. The minimum Gasteiger partial charge on any atom is -0.491 e. The van der Waals surface area contributed by atoms with Crippen molar-refractivity contribution in [1.82, 2.24) is 4.90 Å². The molecule has 0 radical (unpaired) electrons. The second-order valence-electron chi connectivity index (χ2n) is 4.53. The van der Waals surface area contributed by atoms with Crippen LogP contribution in [0.4, 0.5) is 0 Å². The fraction of sp³-hybridized carbons (Fsp3) is 0.500. The summed E-state index contributed by atoms with van der Waals surface area (Å²) in [4.78, 5) is 13.0. The lowest BCUT2D eigenvalue weighted by Gasteiger charge is -2.16. The second kappa shape index (κ2) is 7.31. The summed E-state index contributed by atoms with van der Waals surface area (Å²) < 4.78 is 5.58. The average Bonchev–Trinajstić information content (AvgIpc) is 2.36. The highest BCUT2D eigenvalue weighted by Crippen LogP contribution is 2.14. The van der Waals surface area contributed by atoms with E-state index in [1.807, 2.05) is 38.1 Å². The normalized spacial score (nSPS) is 10.5. The van der Waals surface area contributed by atoms with Gasteiger partial charge in [-0.15, -0.1) is 0 Å². The molecular weight excluding hydrogens is 246 g/mol. The number of rotatable bonds is 6. The lowest BCUT2D eigenvalue weighted by molar-refractivity contribution is -0.127. The van der Waals surface area contributed by atoms with Crippen LogP contribution in [0, 0.1) is 0 Å². The highest BCUT2D eigenvalue weighted by molar-refractivity contribution is 7.81. The molecule has 0 heterocycles. The molecule has 0 saturated carbocycles. The lowest BCUT2D eigenvalue weighted by atomic mass is 10.1. The fourth-order valence-corrected chi connectivity index (χ4v) is 1.79. The molecule has 0 bridgehead atoms. The number of hydrogen-bond donors (Lipinski definition) is 1. The summed E-state index contributed by atoms with van der Waals surface area (Å²) in [6.07, 6.45) is 1.04. The van der Waals surface area contributed by atoms with Crippen molar-refractivity contribution in [3.8, 4) is 5.75 Å². The number of amides is 1. The monoisotopic (exact) mass is 267 g/mol. The topological polar surface area (TPSA) is 29.5 Å². The van der Waals surface area contributed by atoms with Crippen LogP contribution in [0.25, 0.3) is 0 Å². The third kappa shape index (κ3) is 5.00. The van der Waals surface area contributed by atoms with Gasteiger partial charge >= 0.3 is 0 Å². The minimum absolute atomic E-state index is 0.0538. The molecular formula is C14H21NO2S. The van der Waals surface area contributed by atoms with Gasteiger partial charge in [0.2, 0.25) is 5.91 Å². The van der Waals surface area contributed by atoms with Crippen LogP contribution in [0.1, 0.15) is 19.4 Å². The lowest BCUT2D eigenvalue weighted by Crippen LogP contribution is -2.29. The molecule has 4 heteroatoms. The predicted octanol–water partition coefficient (Wildman–Crippen LogP) is 2.40. The molecule has 0 saturated heterocycles. The van der Waals surface area contributed by atoms with Crippen molar-refractivity contribution in [2.75, 3.05) is 19.3 Å². The maximum absolute atomic E-state index is 11.3. The van der Waals surface area contributed by atoms with E-state index in [1.165, 1.54) is 5.56 Å². The predicted molar refractivity (Wildman–Crippen MR) is 77.4 cm³/mol. The maximum atomic E-state index is 11.3. The molecule has 1 aromatic rings. The average molecular weight is 267 g/mol. The third-order valence-corrected chi connectivity index (χ3v) is 2.86. The maximum Gasteiger partial charge on any atom is 0.232 e. The van der Waals surface area contributed by atoms with Crippen LogP contribution in [0.3, 0.4) is 0 Å². The Bertz CT molecular complexity index is 376. The quantitative estimate of drug-likeness (QED) is 0.802. The van der Waals surface area contributed by atoms with Crippen LogP contribution < -0.4 is 4.74 Å². The number of likely N-dealkylation sites (N-methyl/N-ethyl adjacent to an activating group) is 1. The van der Waals surface area contributed by atoms with Gasteiger partial charge in [-0.2, -0.15) is 12.6 Å². The summed E-state index contributed by atoms with van der Waals surface area (Å²) in [6.45, 7) is 4.72. The van der Waals surface area contributed by atoms with Gasteiger partial charge in [-0.3, -0.25) is 4.79 Å². The van der Waals surface area contributed by atoms with Gasteiger partial charge in [0.25, 0.3) is 0 Å². The number of nitrogens with zero attached hydrogens (tertiary/aromatic N) is 1. The molecule has 1 amide bonds. The standard InChI is InChI=1S/C14H21NO2S/c1-11(2)17-13-6-4-12(5-7-13)8-9-15(3)14(16)10-18/h4-7,11,18H,8-10H2,1-3H3. The van der Waals surface area contributed by atoms with Gasteiger partial charge in [0.1, 0.15) is 5.75 Å². The third-order valence-electron chi connectivity index (χ3n) is 2.59. The van der Waals surface area contributed by atoms with Crippen molar-refractivity contribution >= 4 is 18.5 Å². The number of benzene rings is 1. The zero-order valence-electron chi connectivity index (χ0n) is 11.2. The van der Waals surface area contributed by atoms with E-state index in [0.717, 1.165) is 12.2 Å². The van der Waals surface area contributed by atoms with E-state index in [-0.39, 0.29) is 17.8 Å². The van der Waals surface area contributed by atoms with Crippen LogP contribution in [0.15, 0.2) is 24.3 Å². The minimum atomic E-state index is 0.0538. The highest BCUT2D eigenvalue weighted by atomic mass is 32.1. The van der Waals surface area contributed by atoms with E-state index in [0.29, 0.717) is 6.54 Å². The first kappa shape index (κ1) is 14.9. The number of hydrogen-bond acceptors (Lipinski definition) is 3. The first-order chi connectivity index (χ1) is 8.52. The molecule has 1 rings (SSSR count). The van der Waals surface area contributed by atoms with Crippen LogP contribution >= 0.6 is 12.6 Å². The summed E-state index contributed by atoms with van der Waals surface area (Å²) >= 11 is 3.97. The van der Waals surface area contributed by atoms with Gasteiger partial charge in [0.05, 0.1) is 11.9 Å². The molecule has 18 heavy (non-hydrogen) atoms. The Hall–Kier alpha value is -1.16. The van der Waals surface area contributed by atoms with Crippen molar-refractivity contribution in [1.29, 1.82) is 0 Å². The van der Waals surface area contributed by atoms with E-state index < -0.39 is 0 Å². The first-order valence-electron chi connectivity index (χ1n) is 6.13. The Morgan fingerprint density at radius 1 is 1.33 bits per heavy atom. The van der Waals surface area contributed by atoms with Crippen LogP contribution in [-0.4, -0.2) is 36.3 Å². The first-order valence-corrected chi connectivity index (χ1v) is 6.76. The summed E-state index contributed by atoms with van der Waals surface area (Å²) in [5, 5.41) is 0. The summed E-state index contributed by atoms with van der Waals surface area (Å²) in [7, 11) is 1.80. The Kier molecular flexibility index (Phi) is 6.05. The molecule has 1 aromatic carbocycles. The Morgan fingerprint density at radius 3 is 2.44 bits per heavy atom. The Labute approximate surface area is 115 Å². The van der Waals surface area contributed by atoms with Crippen LogP contribution in [0.5, 0.6) is 5.75 Å². The Morgan fingerprint density at radius 2 is 1.94 bits per heavy atom. The summed E-state index contributed by atoms with van der Waals surface area (Å²) in [5.74, 6) is 1.20. The number of ether oxygens (including phenoxy) is 1. The van der Waals surface area contributed by atoms with Crippen molar-refractivity contribution in [2.24, 2.45) is 0 Å². The smallest absolute Gasteiger partial charge is 0.232 e. The van der Waals surface area contributed by atoms with Gasteiger partial charge in [0, 0.05) is 13.6 Å². The number of carbonyl (C=O) groups is 1.